The number of carbonyl (C=O) groups is 3. The summed E-state index contributed by atoms with van der Waals surface area (Å²) in [6, 6.07) is -2.48. The van der Waals surface area contributed by atoms with Crippen LogP contribution in [-0.4, -0.2) is 53.0 Å². The van der Waals surface area contributed by atoms with Crippen LogP contribution in [0.25, 0.3) is 0 Å². The molecule has 7 nitrogen and oxygen atoms in total. The molecule has 0 saturated carbocycles. The minimum Gasteiger partial charge on any atom is -0.480 e. The van der Waals surface area contributed by atoms with Gasteiger partial charge in [0, 0.05) is 0 Å². The van der Waals surface area contributed by atoms with Crippen LogP contribution in [0, 0.1) is 11.8 Å². The topological polar surface area (TPSA) is 122 Å². The second-order valence-electron chi connectivity index (χ2n) is 6.33. The smallest absolute Gasteiger partial charge is 0.326 e. The highest BCUT2D eigenvalue weighted by Crippen LogP contribution is 2.10. The highest BCUT2D eigenvalue weighted by molar-refractivity contribution is 7.98. The van der Waals surface area contributed by atoms with E-state index in [1.807, 2.05) is 13.2 Å². The number of carboxylic acids is 1. The first-order chi connectivity index (χ1) is 11.1. The molecular formula is C16H31N3O4S. The lowest BCUT2D eigenvalue weighted by Gasteiger charge is -2.27. The first-order valence-electron chi connectivity index (χ1n) is 8.23. The number of thioether (sulfide) groups is 1. The van der Waals surface area contributed by atoms with E-state index < -0.39 is 35.9 Å². The van der Waals surface area contributed by atoms with Crippen molar-refractivity contribution >= 4 is 29.5 Å². The van der Waals surface area contributed by atoms with Crippen molar-refractivity contribution in [2.45, 2.75) is 58.7 Å². The number of rotatable bonds is 11. The third-order valence-corrected chi connectivity index (χ3v) is 4.64. The fourth-order valence-electron chi connectivity index (χ4n) is 2.10. The zero-order valence-corrected chi connectivity index (χ0v) is 16.0. The maximum atomic E-state index is 12.5. The zero-order valence-electron chi connectivity index (χ0n) is 15.2. The molecule has 0 heterocycles. The molecule has 0 radical (unpaired) electrons. The molecule has 2 amide bonds. The number of amides is 2. The number of nitrogens with two attached hydrogens (primary N) is 1. The summed E-state index contributed by atoms with van der Waals surface area (Å²) in [5, 5.41) is 14.5. The van der Waals surface area contributed by atoms with Crippen LogP contribution in [0.3, 0.4) is 0 Å². The van der Waals surface area contributed by atoms with Crippen LogP contribution in [0.2, 0.25) is 0 Å². The van der Waals surface area contributed by atoms with Crippen molar-refractivity contribution in [2.24, 2.45) is 17.6 Å². The number of carboxylic acid groups (broad SMARTS) is 1. The van der Waals surface area contributed by atoms with Crippen LogP contribution >= 0.6 is 11.8 Å². The summed E-state index contributed by atoms with van der Waals surface area (Å²) in [4.78, 5) is 35.9. The van der Waals surface area contributed by atoms with Gasteiger partial charge < -0.3 is 21.5 Å². The SMILES string of the molecule is CC[C@H](C)[C@H](NC(=O)[C@@H](NC(=O)[C@@H](N)CCSC)C(C)C)C(=O)O. The molecule has 0 fully saturated rings. The van der Waals surface area contributed by atoms with Crippen LogP contribution in [-0.2, 0) is 14.4 Å². The number of nitrogens with one attached hydrogen (secondary N) is 2. The molecule has 140 valence electrons. The molecule has 4 atom stereocenters. The Hall–Kier alpha value is -1.28. The Morgan fingerprint density at radius 1 is 1.08 bits per heavy atom. The average molecular weight is 362 g/mol. The second-order valence-corrected chi connectivity index (χ2v) is 7.31. The molecule has 0 bridgehead atoms. The number of hydrogen-bond acceptors (Lipinski definition) is 5. The molecule has 0 saturated heterocycles. The number of aliphatic carboxylic acids is 1. The summed E-state index contributed by atoms with van der Waals surface area (Å²) >= 11 is 1.59. The molecule has 24 heavy (non-hydrogen) atoms. The van der Waals surface area contributed by atoms with Crippen LogP contribution in [0.15, 0.2) is 0 Å². The Kier molecular flexibility index (Phi) is 10.7. The van der Waals surface area contributed by atoms with Crippen molar-refractivity contribution in [2.75, 3.05) is 12.0 Å². The summed E-state index contributed by atoms with van der Waals surface area (Å²) in [7, 11) is 0. The lowest BCUT2D eigenvalue weighted by atomic mass is 9.97. The van der Waals surface area contributed by atoms with Crippen molar-refractivity contribution in [3.63, 3.8) is 0 Å². The lowest BCUT2D eigenvalue weighted by molar-refractivity contribution is -0.144. The van der Waals surface area contributed by atoms with Crippen LogP contribution in [0.5, 0.6) is 0 Å². The summed E-state index contributed by atoms with van der Waals surface area (Å²) in [6.07, 6.45) is 3.06. The van der Waals surface area contributed by atoms with E-state index in [-0.39, 0.29) is 11.8 Å². The molecule has 0 unspecified atom stereocenters. The lowest BCUT2D eigenvalue weighted by Crippen LogP contribution is -2.57. The van der Waals surface area contributed by atoms with Crippen molar-refractivity contribution in [1.29, 1.82) is 0 Å². The van der Waals surface area contributed by atoms with Gasteiger partial charge in [-0.25, -0.2) is 4.79 Å². The molecule has 8 heteroatoms. The van der Waals surface area contributed by atoms with E-state index in [0.29, 0.717) is 12.8 Å². The molecular weight excluding hydrogens is 330 g/mol. The van der Waals surface area contributed by atoms with Gasteiger partial charge in [-0.05, 0) is 30.3 Å². The molecule has 0 aliphatic rings. The Balaban J connectivity index is 4.94. The van der Waals surface area contributed by atoms with Crippen molar-refractivity contribution in [3.05, 3.63) is 0 Å². The van der Waals surface area contributed by atoms with E-state index in [9.17, 15) is 19.5 Å². The Morgan fingerprint density at radius 2 is 1.62 bits per heavy atom. The average Bonchev–Trinajstić information content (AvgIpc) is 2.53. The molecule has 5 N–H and O–H groups in total. The molecule has 0 aromatic rings. The minimum absolute atomic E-state index is 0.187. The predicted molar refractivity (Wildman–Crippen MR) is 96.8 cm³/mol. The van der Waals surface area contributed by atoms with E-state index in [1.165, 1.54) is 0 Å². The van der Waals surface area contributed by atoms with Crippen molar-refractivity contribution in [1.82, 2.24) is 10.6 Å². The predicted octanol–water partition coefficient (Wildman–Crippen LogP) is 0.823. The van der Waals surface area contributed by atoms with Crippen molar-refractivity contribution < 1.29 is 19.5 Å². The van der Waals surface area contributed by atoms with Gasteiger partial charge in [0.1, 0.15) is 12.1 Å². The van der Waals surface area contributed by atoms with Gasteiger partial charge in [0.25, 0.3) is 0 Å². The molecule has 0 spiro atoms. The van der Waals surface area contributed by atoms with Gasteiger partial charge in [-0.1, -0.05) is 34.1 Å². The summed E-state index contributed by atoms with van der Waals surface area (Å²) in [6.45, 7) is 7.20. The highest BCUT2D eigenvalue weighted by atomic mass is 32.2. The van der Waals surface area contributed by atoms with E-state index in [1.54, 1.807) is 32.5 Å². The normalized spacial score (nSPS) is 16.1. The van der Waals surface area contributed by atoms with Gasteiger partial charge >= 0.3 is 5.97 Å². The van der Waals surface area contributed by atoms with E-state index in [2.05, 4.69) is 10.6 Å². The van der Waals surface area contributed by atoms with Crippen LogP contribution in [0.4, 0.5) is 0 Å². The minimum atomic E-state index is -1.08. The zero-order chi connectivity index (χ0) is 18.9. The van der Waals surface area contributed by atoms with Gasteiger partial charge in [0.15, 0.2) is 0 Å². The molecule has 0 aliphatic carbocycles. The first-order valence-corrected chi connectivity index (χ1v) is 9.63. The maximum absolute atomic E-state index is 12.5. The van der Waals surface area contributed by atoms with Gasteiger partial charge in [-0.2, -0.15) is 11.8 Å². The van der Waals surface area contributed by atoms with E-state index >= 15 is 0 Å². The standard InChI is InChI=1S/C16H31N3O4S/c1-6-10(4)13(16(22)23)19-15(21)12(9(2)3)18-14(20)11(17)7-8-24-5/h9-13H,6-8,17H2,1-5H3,(H,18,20)(H,19,21)(H,22,23)/t10-,11-,12-,13-/m0/s1. The number of hydrogen-bond donors (Lipinski definition) is 4. The largest absolute Gasteiger partial charge is 0.480 e. The van der Waals surface area contributed by atoms with Crippen molar-refractivity contribution in [3.8, 4) is 0 Å². The van der Waals surface area contributed by atoms with Gasteiger partial charge in [0.05, 0.1) is 6.04 Å². The summed E-state index contributed by atoms with van der Waals surface area (Å²) in [5.74, 6) is -1.62. The van der Waals surface area contributed by atoms with Gasteiger partial charge in [0.2, 0.25) is 11.8 Å². The van der Waals surface area contributed by atoms with Gasteiger partial charge in [-0.3, -0.25) is 9.59 Å². The monoisotopic (exact) mass is 361 g/mol. The fraction of sp³-hybridized carbons (Fsp3) is 0.812. The van der Waals surface area contributed by atoms with Crippen LogP contribution in [0.1, 0.15) is 40.5 Å². The second kappa shape index (κ2) is 11.3. The molecule has 0 rings (SSSR count). The third kappa shape index (κ3) is 7.53. The maximum Gasteiger partial charge on any atom is 0.326 e. The van der Waals surface area contributed by atoms with Crippen LogP contribution < -0.4 is 16.4 Å². The molecule has 0 aromatic carbocycles. The quantitative estimate of drug-likeness (QED) is 0.432. The van der Waals surface area contributed by atoms with Gasteiger partial charge in [-0.15, -0.1) is 0 Å². The van der Waals surface area contributed by atoms with E-state index in [0.717, 1.165) is 5.75 Å². The summed E-state index contributed by atoms with van der Waals surface area (Å²) < 4.78 is 0. The Morgan fingerprint density at radius 3 is 2.04 bits per heavy atom. The Labute approximate surface area is 148 Å². The highest BCUT2D eigenvalue weighted by Gasteiger charge is 2.31. The first kappa shape index (κ1) is 22.7. The Bertz CT molecular complexity index is 432. The molecule has 0 aromatic heterocycles. The summed E-state index contributed by atoms with van der Waals surface area (Å²) in [5.41, 5.74) is 5.82. The fourth-order valence-corrected chi connectivity index (χ4v) is 2.59. The number of carbonyl (C=O) groups excluding carboxylic acids is 2. The molecule has 0 aliphatic heterocycles. The van der Waals surface area contributed by atoms with E-state index in [4.69, 9.17) is 5.73 Å². The third-order valence-electron chi connectivity index (χ3n) is 3.99.